The molecule has 1 aromatic carbocycles. The number of nitrogens with two attached hydrogens (primary N) is 1. The van der Waals surface area contributed by atoms with Crippen LogP contribution in [0.3, 0.4) is 0 Å². The minimum atomic E-state index is -1.16. The quantitative estimate of drug-likeness (QED) is 0.376. The van der Waals surface area contributed by atoms with Gasteiger partial charge in [0.05, 0.1) is 12.3 Å². The zero-order valence-corrected chi connectivity index (χ0v) is 15.6. The van der Waals surface area contributed by atoms with E-state index in [0.29, 0.717) is 30.2 Å². The molecule has 0 unspecified atom stereocenters. The smallest absolute Gasteiger partial charge is 0.303 e. The van der Waals surface area contributed by atoms with E-state index in [-0.39, 0.29) is 5.91 Å². The topological polar surface area (TPSA) is 114 Å². The second kappa shape index (κ2) is 10.3. The Hall–Kier alpha value is -2.75. The summed E-state index contributed by atoms with van der Waals surface area (Å²) in [4.78, 5) is 22.9. The van der Waals surface area contributed by atoms with Gasteiger partial charge < -0.3 is 20.5 Å². The molecule has 0 atom stereocenters. The fourth-order valence-corrected chi connectivity index (χ4v) is 2.37. The Kier molecular flexibility index (Phi) is 8.43. The van der Waals surface area contributed by atoms with Crippen LogP contribution in [-0.4, -0.2) is 30.6 Å². The lowest BCUT2D eigenvalue weighted by Crippen LogP contribution is -2.45. The van der Waals surface area contributed by atoms with Gasteiger partial charge in [-0.25, -0.2) is 0 Å². The highest BCUT2D eigenvalue weighted by atomic mass is 16.6. The molecule has 7 nitrogen and oxygen atoms in total. The fraction of sp³-hybridized carbons (Fsp3) is 0.526. The molecular formula is C19H27N3O4. The fourth-order valence-electron chi connectivity index (χ4n) is 2.37. The van der Waals surface area contributed by atoms with Crippen molar-refractivity contribution in [2.24, 2.45) is 0 Å². The zero-order valence-electron chi connectivity index (χ0n) is 15.6. The van der Waals surface area contributed by atoms with Gasteiger partial charge in [-0.05, 0) is 38.8 Å². The van der Waals surface area contributed by atoms with E-state index in [1.165, 1.54) is 6.92 Å². The monoisotopic (exact) mass is 361 g/mol. The number of carbonyl (C=O) groups is 2. The molecule has 0 bridgehead atoms. The van der Waals surface area contributed by atoms with Crippen LogP contribution in [0.4, 0.5) is 5.69 Å². The Balaban J connectivity index is 2.17. The number of rotatable bonds is 10. The minimum absolute atomic E-state index is 0.304. The summed E-state index contributed by atoms with van der Waals surface area (Å²) in [6.07, 6.45) is 3.53. The average molecular weight is 361 g/mol. The number of hydrogen-bond acceptors (Lipinski definition) is 6. The first-order valence-electron chi connectivity index (χ1n) is 8.67. The van der Waals surface area contributed by atoms with E-state index in [1.54, 1.807) is 32.0 Å². The summed E-state index contributed by atoms with van der Waals surface area (Å²) in [5.74, 6) is -0.279. The molecule has 1 amide bonds. The van der Waals surface area contributed by atoms with Crippen LogP contribution < -0.4 is 15.8 Å². The Morgan fingerprint density at radius 1 is 1.23 bits per heavy atom. The van der Waals surface area contributed by atoms with E-state index in [0.717, 1.165) is 25.7 Å². The highest BCUT2D eigenvalue weighted by Gasteiger charge is 2.30. The zero-order chi connectivity index (χ0) is 19.6. The largest absolute Gasteiger partial charge is 0.492 e. The van der Waals surface area contributed by atoms with Crippen molar-refractivity contribution >= 4 is 17.6 Å². The maximum Gasteiger partial charge on any atom is 0.303 e. The van der Waals surface area contributed by atoms with Crippen molar-refractivity contribution in [1.29, 1.82) is 5.26 Å². The number of hydrogen-bond donors (Lipinski definition) is 2. The Morgan fingerprint density at radius 2 is 1.92 bits per heavy atom. The minimum Gasteiger partial charge on any atom is -0.492 e. The number of benzene rings is 1. The molecule has 0 aliphatic rings. The van der Waals surface area contributed by atoms with Crippen LogP contribution in [0.5, 0.6) is 5.75 Å². The van der Waals surface area contributed by atoms with Gasteiger partial charge in [-0.2, -0.15) is 5.26 Å². The molecule has 142 valence electrons. The lowest BCUT2D eigenvalue weighted by Gasteiger charge is -2.23. The Bertz CT molecular complexity index is 665. The number of carbonyl (C=O) groups excluding carboxylic acids is 2. The van der Waals surface area contributed by atoms with Gasteiger partial charge in [0, 0.05) is 13.5 Å². The molecule has 0 aromatic heterocycles. The highest BCUT2D eigenvalue weighted by Crippen LogP contribution is 2.23. The van der Waals surface area contributed by atoms with Crippen molar-refractivity contribution in [2.45, 2.75) is 52.1 Å². The van der Waals surface area contributed by atoms with Crippen molar-refractivity contribution in [1.82, 2.24) is 5.32 Å². The van der Waals surface area contributed by atoms with Crippen molar-refractivity contribution < 1.29 is 19.1 Å². The van der Waals surface area contributed by atoms with Crippen LogP contribution in [-0.2, 0) is 14.3 Å². The summed E-state index contributed by atoms with van der Waals surface area (Å²) in [6, 6.07) is 7.20. The number of esters is 1. The molecule has 0 saturated carbocycles. The van der Waals surface area contributed by atoms with Gasteiger partial charge in [0.1, 0.15) is 17.4 Å². The number of unbranched alkanes of at least 4 members (excludes halogenated alkanes) is 3. The number of nitrogens with one attached hydrogen (secondary N) is 1. The summed E-state index contributed by atoms with van der Waals surface area (Å²) in [6.45, 7) is 5.43. The third kappa shape index (κ3) is 7.01. The lowest BCUT2D eigenvalue weighted by molar-refractivity contribution is -0.162. The van der Waals surface area contributed by atoms with Crippen LogP contribution in [0.15, 0.2) is 18.2 Å². The van der Waals surface area contributed by atoms with Gasteiger partial charge in [-0.15, -0.1) is 0 Å². The molecule has 7 heteroatoms. The summed E-state index contributed by atoms with van der Waals surface area (Å²) >= 11 is 0. The molecule has 0 radical (unpaired) electrons. The molecule has 1 aromatic rings. The summed E-state index contributed by atoms with van der Waals surface area (Å²) < 4.78 is 10.6. The molecule has 3 N–H and O–H groups in total. The van der Waals surface area contributed by atoms with E-state index in [9.17, 15) is 9.59 Å². The average Bonchev–Trinajstić information content (AvgIpc) is 2.56. The third-order valence-electron chi connectivity index (χ3n) is 3.73. The van der Waals surface area contributed by atoms with Gasteiger partial charge in [-0.3, -0.25) is 9.59 Å². The molecule has 26 heavy (non-hydrogen) atoms. The Labute approximate surface area is 154 Å². The number of nitrogen functional groups attached to an aromatic ring is 1. The van der Waals surface area contributed by atoms with Crippen molar-refractivity contribution in [3.8, 4) is 11.8 Å². The van der Waals surface area contributed by atoms with Crippen LogP contribution in [0.1, 0.15) is 52.0 Å². The number of anilines is 1. The second-order valence-electron chi connectivity index (χ2n) is 6.45. The molecule has 0 aliphatic carbocycles. The molecule has 0 aliphatic heterocycles. The van der Waals surface area contributed by atoms with E-state index in [4.69, 9.17) is 20.5 Å². The van der Waals surface area contributed by atoms with Gasteiger partial charge in [0.25, 0.3) is 5.91 Å². The normalized spacial score (nSPS) is 10.7. The predicted molar refractivity (Wildman–Crippen MR) is 98.4 cm³/mol. The maximum absolute atomic E-state index is 11.9. The van der Waals surface area contributed by atoms with E-state index in [1.807, 2.05) is 6.07 Å². The number of nitriles is 1. The molecule has 0 saturated heterocycles. The van der Waals surface area contributed by atoms with Crippen LogP contribution in [0, 0.1) is 11.3 Å². The lowest BCUT2D eigenvalue weighted by atomic mass is 10.1. The van der Waals surface area contributed by atoms with E-state index in [2.05, 4.69) is 5.32 Å². The third-order valence-corrected chi connectivity index (χ3v) is 3.73. The number of amides is 1. The molecule has 0 fully saturated rings. The van der Waals surface area contributed by atoms with Gasteiger partial charge in [-0.1, -0.05) is 18.9 Å². The number of nitrogens with zero attached hydrogens (tertiary/aromatic N) is 1. The first-order valence-corrected chi connectivity index (χ1v) is 8.67. The van der Waals surface area contributed by atoms with Crippen LogP contribution >= 0.6 is 0 Å². The van der Waals surface area contributed by atoms with Crippen LogP contribution in [0.25, 0.3) is 0 Å². The predicted octanol–water partition coefficient (Wildman–Crippen LogP) is 2.54. The SMILES string of the molecule is CC(=O)OC(C)(C)C(=O)NCCCCCCOc1cccc(N)c1C#N. The molecule has 0 heterocycles. The van der Waals surface area contributed by atoms with Crippen molar-refractivity contribution in [3.05, 3.63) is 23.8 Å². The summed E-state index contributed by atoms with van der Waals surface area (Å²) in [5.41, 5.74) is 5.36. The standard InChI is InChI=1S/C19H27N3O4/c1-14(23)26-19(2,3)18(24)22-11-6-4-5-7-12-25-17-10-8-9-16(21)15(17)13-20/h8-10H,4-7,11-12,21H2,1-3H3,(H,22,24). The van der Waals surface area contributed by atoms with Gasteiger partial charge in [0.15, 0.2) is 5.60 Å². The van der Waals surface area contributed by atoms with Crippen molar-refractivity contribution in [3.63, 3.8) is 0 Å². The first kappa shape index (κ1) is 21.3. The highest BCUT2D eigenvalue weighted by molar-refractivity contribution is 5.86. The molecule has 1 rings (SSSR count). The molecule has 0 spiro atoms. The second-order valence-corrected chi connectivity index (χ2v) is 6.45. The first-order chi connectivity index (χ1) is 12.3. The van der Waals surface area contributed by atoms with E-state index >= 15 is 0 Å². The summed E-state index contributed by atoms with van der Waals surface area (Å²) in [7, 11) is 0. The summed E-state index contributed by atoms with van der Waals surface area (Å²) in [5, 5.41) is 11.8. The number of ether oxygens (including phenoxy) is 2. The Morgan fingerprint density at radius 3 is 2.58 bits per heavy atom. The maximum atomic E-state index is 11.9. The van der Waals surface area contributed by atoms with E-state index < -0.39 is 11.6 Å². The van der Waals surface area contributed by atoms with Gasteiger partial charge >= 0.3 is 5.97 Å². The van der Waals surface area contributed by atoms with Crippen LogP contribution in [0.2, 0.25) is 0 Å². The molecular weight excluding hydrogens is 334 g/mol. The van der Waals surface area contributed by atoms with Gasteiger partial charge in [0.2, 0.25) is 0 Å². The van der Waals surface area contributed by atoms with Crippen molar-refractivity contribution in [2.75, 3.05) is 18.9 Å².